The number of nitrogens with zero attached hydrogens (tertiary/aromatic N) is 6. The van der Waals surface area contributed by atoms with E-state index in [-0.39, 0.29) is 29.9 Å². The molecule has 0 bridgehead atoms. The summed E-state index contributed by atoms with van der Waals surface area (Å²) < 4.78 is 4.35. The standard InChI is InChI=1S/C17H20N8O4/c1-10-12(7-18-23(10)2)21-17(29)15-13(8-19-24(15)3)22-16(28)11-6-20-25(9-11)5-4-14(26)27/h6-9H,4-5H2,1-3H3,(H,21,29)(H,22,28)(H,26,27). The van der Waals surface area contributed by atoms with Crippen molar-refractivity contribution < 1.29 is 19.5 Å². The first-order valence-electron chi connectivity index (χ1n) is 8.63. The maximum absolute atomic E-state index is 12.7. The molecule has 0 atom stereocenters. The quantitative estimate of drug-likeness (QED) is 0.527. The van der Waals surface area contributed by atoms with Gasteiger partial charge in [-0.2, -0.15) is 15.3 Å². The van der Waals surface area contributed by atoms with Crippen LogP contribution in [0.25, 0.3) is 0 Å². The van der Waals surface area contributed by atoms with Gasteiger partial charge in [0.1, 0.15) is 5.69 Å². The molecule has 0 saturated heterocycles. The van der Waals surface area contributed by atoms with E-state index < -0.39 is 17.8 Å². The summed E-state index contributed by atoms with van der Waals surface area (Å²) in [5.41, 5.74) is 1.96. The van der Waals surface area contributed by atoms with Gasteiger partial charge in [0.2, 0.25) is 0 Å². The molecule has 3 aromatic rings. The van der Waals surface area contributed by atoms with Crippen LogP contribution in [0, 0.1) is 6.92 Å². The van der Waals surface area contributed by atoms with Gasteiger partial charge in [-0.1, -0.05) is 0 Å². The smallest absolute Gasteiger partial charge is 0.305 e. The van der Waals surface area contributed by atoms with E-state index in [1.807, 2.05) is 6.92 Å². The zero-order chi connectivity index (χ0) is 21.1. The zero-order valence-electron chi connectivity index (χ0n) is 16.1. The molecule has 0 aliphatic rings. The van der Waals surface area contributed by atoms with Gasteiger partial charge in [0.05, 0.1) is 54.2 Å². The van der Waals surface area contributed by atoms with Crippen molar-refractivity contribution in [3.05, 3.63) is 41.7 Å². The fourth-order valence-corrected chi connectivity index (χ4v) is 2.61. The monoisotopic (exact) mass is 400 g/mol. The molecule has 3 aromatic heterocycles. The molecule has 0 spiro atoms. The summed E-state index contributed by atoms with van der Waals surface area (Å²) in [6.07, 6.45) is 5.56. The summed E-state index contributed by atoms with van der Waals surface area (Å²) in [5, 5.41) is 26.2. The van der Waals surface area contributed by atoms with E-state index in [0.717, 1.165) is 5.69 Å². The lowest BCUT2D eigenvalue weighted by Gasteiger charge is -2.08. The van der Waals surface area contributed by atoms with Gasteiger partial charge in [0.25, 0.3) is 11.8 Å². The highest BCUT2D eigenvalue weighted by molar-refractivity contribution is 6.11. The first-order chi connectivity index (χ1) is 13.8. The van der Waals surface area contributed by atoms with E-state index in [0.29, 0.717) is 5.69 Å². The molecular weight excluding hydrogens is 380 g/mol. The first-order valence-corrected chi connectivity index (χ1v) is 8.63. The molecule has 2 amide bonds. The Kier molecular flexibility index (Phi) is 5.43. The summed E-state index contributed by atoms with van der Waals surface area (Å²) in [6, 6.07) is 0. The Morgan fingerprint density at radius 3 is 2.28 bits per heavy atom. The molecule has 0 unspecified atom stereocenters. The van der Waals surface area contributed by atoms with Crippen molar-refractivity contribution >= 4 is 29.2 Å². The van der Waals surface area contributed by atoms with Gasteiger partial charge < -0.3 is 15.7 Å². The van der Waals surface area contributed by atoms with Crippen molar-refractivity contribution in [2.24, 2.45) is 14.1 Å². The minimum absolute atomic E-state index is 0.108. The molecule has 0 radical (unpaired) electrons. The van der Waals surface area contributed by atoms with E-state index in [1.165, 1.54) is 34.2 Å². The molecule has 0 aromatic carbocycles. The van der Waals surface area contributed by atoms with Crippen LogP contribution >= 0.6 is 0 Å². The van der Waals surface area contributed by atoms with Crippen LogP contribution in [0.4, 0.5) is 11.4 Å². The second-order valence-electron chi connectivity index (χ2n) is 6.34. The fraction of sp³-hybridized carbons (Fsp3) is 0.294. The minimum Gasteiger partial charge on any atom is -0.481 e. The van der Waals surface area contributed by atoms with Crippen LogP contribution in [0.1, 0.15) is 33.0 Å². The molecule has 12 heteroatoms. The van der Waals surface area contributed by atoms with Crippen LogP contribution in [0.2, 0.25) is 0 Å². The van der Waals surface area contributed by atoms with Crippen molar-refractivity contribution in [1.82, 2.24) is 29.3 Å². The molecule has 152 valence electrons. The third-order valence-corrected chi connectivity index (χ3v) is 4.34. The van der Waals surface area contributed by atoms with Crippen LogP contribution in [-0.2, 0) is 25.4 Å². The average Bonchev–Trinajstić information content (AvgIpc) is 3.36. The molecular formula is C17H20N8O4. The van der Waals surface area contributed by atoms with Crippen LogP contribution in [0.5, 0.6) is 0 Å². The SMILES string of the molecule is Cc1c(NC(=O)c2c(NC(=O)c3cnn(CCC(=O)O)c3)cnn2C)cnn1C. The molecule has 12 nitrogen and oxygen atoms in total. The first kappa shape index (κ1) is 19.8. The maximum atomic E-state index is 12.7. The number of nitrogens with one attached hydrogen (secondary N) is 2. The van der Waals surface area contributed by atoms with Crippen molar-refractivity contribution in [2.45, 2.75) is 19.9 Å². The molecule has 0 aliphatic carbocycles. The number of hydrogen-bond donors (Lipinski definition) is 3. The Labute approximate surface area is 165 Å². The second kappa shape index (κ2) is 7.96. The Morgan fingerprint density at radius 2 is 1.62 bits per heavy atom. The highest BCUT2D eigenvalue weighted by Crippen LogP contribution is 2.19. The van der Waals surface area contributed by atoms with Crippen molar-refractivity contribution in [2.75, 3.05) is 10.6 Å². The van der Waals surface area contributed by atoms with Crippen molar-refractivity contribution in [3.63, 3.8) is 0 Å². The number of carboxylic acids is 1. The number of rotatable bonds is 7. The lowest BCUT2D eigenvalue weighted by atomic mass is 10.3. The topological polar surface area (TPSA) is 149 Å². The van der Waals surface area contributed by atoms with Gasteiger partial charge in [-0.25, -0.2) is 0 Å². The number of aryl methyl sites for hydroxylation is 3. The van der Waals surface area contributed by atoms with Gasteiger partial charge in [0, 0.05) is 20.3 Å². The summed E-state index contributed by atoms with van der Waals surface area (Å²) in [4.78, 5) is 35.9. The summed E-state index contributed by atoms with van der Waals surface area (Å²) in [7, 11) is 3.35. The predicted molar refractivity (Wildman–Crippen MR) is 102 cm³/mol. The predicted octanol–water partition coefficient (Wildman–Crippen LogP) is 0.638. The molecule has 29 heavy (non-hydrogen) atoms. The Balaban J connectivity index is 1.74. The number of carbonyl (C=O) groups excluding carboxylic acids is 2. The molecule has 3 heterocycles. The molecule has 3 rings (SSSR count). The molecule has 0 fully saturated rings. The number of carbonyl (C=O) groups is 3. The van der Waals surface area contributed by atoms with E-state index in [2.05, 4.69) is 25.9 Å². The Morgan fingerprint density at radius 1 is 0.966 bits per heavy atom. The fourth-order valence-electron chi connectivity index (χ4n) is 2.61. The van der Waals surface area contributed by atoms with Crippen molar-refractivity contribution in [1.29, 1.82) is 0 Å². The van der Waals surface area contributed by atoms with Crippen LogP contribution in [0.15, 0.2) is 24.8 Å². The molecule has 0 saturated carbocycles. The largest absolute Gasteiger partial charge is 0.481 e. The normalized spacial score (nSPS) is 10.7. The van der Waals surface area contributed by atoms with Gasteiger partial charge in [-0.15, -0.1) is 0 Å². The summed E-state index contributed by atoms with van der Waals surface area (Å²) in [6.45, 7) is 1.96. The highest BCUT2D eigenvalue weighted by atomic mass is 16.4. The third-order valence-electron chi connectivity index (χ3n) is 4.34. The summed E-state index contributed by atoms with van der Waals surface area (Å²) in [5.74, 6) is -1.90. The second-order valence-corrected chi connectivity index (χ2v) is 6.34. The van der Waals surface area contributed by atoms with E-state index in [9.17, 15) is 14.4 Å². The van der Waals surface area contributed by atoms with Gasteiger partial charge in [-0.05, 0) is 6.92 Å². The number of carboxylic acid groups (broad SMARTS) is 1. The lowest BCUT2D eigenvalue weighted by molar-refractivity contribution is -0.137. The number of hydrogen-bond acceptors (Lipinski definition) is 6. The van der Waals surface area contributed by atoms with Gasteiger partial charge >= 0.3 is 5.97 Å². The number of aliphatic carboxylic acids is 1. The van der Waals surface area contributed by atoms with Crippen LogP contribution < -0.4 is 10.6 Å². The zero-order valence-corrected chi connectivity index (χ0v) is 16.1. The third kappa shape index (κ3) is 4.31. The Hall–Kier alpha value is -3.96. The van der Waals surface area contributed by atoms with Crippen LogP contribution in [0.3, 0.4) is 0 Å². The average molecular weight is 400 g/mol. The Bertz CT molecular complexity index is 1080. The van der Waals surface area contributed by atoms with E-state index in [4.69, 9.17) is 5.11 Å². The van der Waals surface area contributed by atoms with E-state index in [1.54, 1.807) is 18.8 Å². The molecule has 0 aliphatic heterocycles. The van der Waals surface area contributed by atoms with E-state index >= 15 is 0 Å². The minimum atomic E-state index is -0.957. The van der Waals surface area contributed by atoms with Gasteiger partial charge in [-0.3, -0.25) is 28.4 Å². The lowest BCUT2D eigenvalue weighted by Crippen LogP contribution is -2.20. The number of amides is 2. The highest BCUT2D eigenvalue weighted by Gasteiger charge is 2.21. The number of anilines is 2. The van der Waals surface area contributed by atoms with Crippen LogP contribution in [-0.4, -0.2) is 52.2 Å². The van der Waals surface area contributed by atoms with Gasteiger partial charge in [0.15, 0.2) is 0 Å². The molecule has 3 N–H and O–H groups in total. The van der Waals surface area contributed by atoms with Crippen molar-refractivity contribution in [3.8, 4) is 0 Å². The summed E-state index contributed by atoms with van der Waals surface area (Å²) >= 11 is 0. The number of aromatic nitrogens is 6. The maximum Gasteiger partial charge on any atom is 0.305 e.